The lowest BCUT2D eigenvalue weighted by Gasteiger charge is -2.26. The Kier molecular flexibility index (Phi) is 3.08. The van der Waals surface area contributed by atoms with E-state index in [1.54, 1.807) is 6.07 Å². The molecule has 1 aliphatic rings. The third kappa shape index (κ3) is 2.84. The molecule has 1 atom stereocenters. The van der Waals surface area contributed by atoms with Gasteiger partial charge in [0.2, 0.25) is 5.91 Å². The van der Waals surface area contributed by atoms with Gasteiger partial charge >= 0.3 is 0 Å². The van der Waals surface area contributed by atoms with Crippen LogP contribution in [-0.4, -0.2) is 18.7 Å². The van der Waals surface area contributed by atoms with Crippen molar-refractivity contribution < 1.29 is 4.79 Å². The van der Waals surface area contributed by atoms with Crippen molar-refractivity contribution in [3.63, 3.8) is 0 Å². The van der Waals surface area contributed by atoms with E-state index in [4.69, 9.17) is 11.6 Å². The largest absolute Gasteiger partial charge is 0.353 e. The van der Waals surface area contributed by atoms with E-state index in [-0.39, 0.29) is 12.2 Å². The molecule has 1 heterocycles. The second-order valence-corrected chi connectivity index (χ2v) is 3.80. The highest BCUT2D eigenvalue weighted by atomic mass is 35.5. The summed E-state index contributed by atoms with van der Waals surface area (Å²) in [6, 6.07) is 7.37. The molecule has 1 amide bonds. The van der Waals surface area contributed by atoms with Gasteiger partial charge in [-0.05, 0) is 18.2 Å². The summed E-state index contributed by atoms with van der Waals surface area (Å²) in [7, 11) is 0. The van der Waals surface area contributed by atoms with Crippen molar-refractivity contribution in [2.24, 2.45) is 0 Å². The molecule has 15 heavy (non-hydrogen) atoms. The van der Waals surface area contributed by atoms with Gasteiger partial charge in [-0.1, -0.05) is 17.7 Å². The zero-order valence-electron chi connectivity index (χ0n) is 8.09. The Labute approximate surface area is 93.0 Å². The zero-order valence-corrected chi connectivity index (χ0v) is 8.84. The molecule has 1 fully saturated rings. The van der Waals surface area contributed by atoms with Crippen LogP contribution in [0.25, 0.3) is 0 Å². The Bertz CT molecular complexity index is 369. The summed E-state index contributed by atoms with van der Waals surface area (Å²) in [4.78, 5) is 11.1. The van der Waals surface area contributed by atoms with Crippen LogP contribution in [0.5, 0.6) is 0 Å². The van der Waals surface area contributed by atoms with E-state index in [2.05, 4.69) is 16.0 Å². The van der Waals surface area contributed by atoms with Gasteiger partial charge in [0.25, 0.3) is 0 Å². The molecule has 2 rings (SSSR count). The summed E-state index contributed by atoms with van der Waals surface area (Å²) >= 11 is 5.84. The van der Waals surface area contributed by atoms with Gasteiger partial charge < -0.3 is 10.6 Å². The lowest BCUT2D eigenvalue weighted by molar-refractivity contribution is -0.123. The standard InChI is InChI=1S/C10H12ClN3O/c11-7-2-1-3-8(6-7)13-10-12-5-4-9(15)14-10/h1-3,6,10,12-13H,4-5H2,(H,14,15). The quantitative estimate of drug-likeness (QED) is 0.708. The number of carbonyl (C=O) groups is 1. The molecule has 5 heteroatoms. The minimum absolute atomic E-state index is 0.0493. The van der Waals surface area contributed by atoms with Crippen LogP contribution >= 0.6 is 11.6 Å². The number of rotatable bonds is 2. The normalized spacial score (nSPS) is 20.9. The highest BCUT2D eigenvalue weighted by Crippen LogP contribution is 2.15. The number of hydrogen-bond donors (Lipinski definition) is 3. The average molecular weight is 226 g/mol. The van der Waals surface area contributed by atoms with Crippen LogP contribution in [0.1, 0.15) is 6.42 Å². The van der Waals surface area contributed by atoms with E-state index in [0.717, 1.165) is 5.69 Å². The molecule has 80 valence electrons. The van der Waals surface area contributed by atoms with Gasteiger partial charge in [0.05, 0.1) is 0 Å². The lowest BCUT2D eigenvalue weighted by Crippen LogP contribution is -2.55. The number of hydrogen-bond acceptors (Lipinski definition) is 3. The zero-order chi connectivity index (χ0) is 10.7. The molecule has 0 spiro atoms. The van der Waals surface area contributed by atoms with Gasteiger partial charge in [-0.25, -0.2) is 0 Å². The monoisotopic (exact) mass is 225 g/mol. The van der Waals surface area contributed by atoms with Crippen molar-refractivity contribution in [1.82, 2.24) is 10.6 Å². The second-order valence-electron chi connectivity index (χ2n) is 3.36. The smallest absolute Gasteiger partial charge is 0.223 e. The van der Waals surface area contributed by atoms with Crippen molar-refractivity contribution in [2.45, 2.75) is 12.7 Å². The maximum atomic E-state index is 11.1. The van der Waals surface area contributed by atoms with Crippen LogP contribution in [0.4, 0.5) is 5.69 Å². The van der Waals surface area contributed by atoms with Gasteiger partial charge in [0.1, 0.15) is 0 Å². The first-order valence-electron chi connectivity index (χ1n) is 4.79. The molecule has 1 aliphatic heterocycles. The fourth-order valence-electron chi connectivity index (χ4n) is 1.45. The van der Waals surface area contributed by atoms with E-state index in [1.807, 2.05) is 18.2 Å². The van der Waals surface area contributed by atoms with Gasteiger partial charge in [0, 0.05) is 23.7 Å². The molecule has 0 saturated carbocycles. The van der Waals surface area contributed by atoms with E-state index in [1.165, 1.54) is 0 Å². The summed E-state index contributed by atoms with van der Waals surface area (Å²) in [6.45, 7) is 0.685. The minimum atomic E-state index is -0.218. The Morgan fingerprint density at radius 1 is 1.47 bits per heavy atom. The molecule has 1 aromatic rings. The average Bonchev–Trinajstić information content (AvgIpc) is 2.17. The number of carbonyl (C=O) groups excluding carboxylic acids is 1. The maximum Gasteiger partial charge on any atom is 0.223 e. The van der Waals surface area contributed by atoms with Crippen LogP contribution in [0.3, 0.4) is 0 Å². The van der Waals surface area contributed by atoms with Crippen molar-refractivity contribution in [2.75, 3.05) is 11.9 Å². The van der Waals surface area contributed by atoms with Crippen molar-refractivity contribution >= 4 is 23.2 Å². The first-order chi connectivity index (χ1) is 7.24. The molecule has 0 aromatic heterocycles. The van der Waals surface area contributed by atoms with E-state index >= 15 is 0 Å². The number of halogens is 1. The summed E-state index contributed by atoms with van der Waals surface area (Å²) in [5.41, 5.74) is 0.877. The Balaban J connectivity index is 1.99. The lowest BCUT2D eigenvalue weighted by atomic mass is 10.3. The van der Waals surface area contributed by atoms with Crippen LogP contribution < -0.4 is 16.0 Å². The third-order valence-corrected chi connectivity index (χ3v) is 2.38. The van der Waals surface area contributed by atoms with Crippen LogP contribution in [0.15, 0.2) is 24.3 Å². The van der Waals surface area contributed by atoms with Crippen molar-refractivity contribution in [3.8, 4) is 0 Å². The molecule has 1 aromatic carbocycles. The van der Waals surface area contributed by atoms with Gasteiger partial charge in [0.15, 0.2) is 6.29 Å². The van der Waals surface area contributed by atoms with Crippen molar-refractivity contribution in [3.05, 3.63) is 29.3 Å². The molecular weight excluding hydrogens is 214 g/mol. The highest BCUT2D eigenvalue weighted by Gasteiger charge is 2.16. The second kappa shape index (κ2) is 4.51. The fourth-order valence-corrected chi connectivity index (χ4v) is 1.64. The van der Waals surface area contributed by atoms with Crippen LogP contribution in [0, 0.1) is 0 Å². The van der Waals surface area contributed by atoms with Crippen molar-refractivity contribution in [1.29, 1.82) is 0 Å². The maximum absolute atomic E-state index is 11.1. The van der Waals surface area contributed by atoms with E-state index < -0.39 is 0 Å². The number of nitrogens with one attached hydrogen (secondary N) is 3. The Hall–Kier alpha value is -1.26. The predicted octanol–water partition coefficient (Wildman–Crippen LogP) is 1.14. The minimum Gasteiger partial charge on any atom is -0.353 e. The first kappa shape index (κ1) is 10.3. The van der Waals surface area contributed by atoms with Gasteiger partial charge in [-0.2, -0.15) is 0 Å². The van der Waals surface area contributed by atoms with Crippen LogP contribution in [-0.2, 0) is 4.79 Å². The topological polar surface area (TPSA) is 53.2 Å². The molecule has 0 radical (unpaired) electrons. The molecule has 1 saturated heterocycles. The van der Waals surface area contributed by atoms with E-state index in [9.17, 15) is 4.79 Å². The van der Waals surface area contributed by atoms with Crippen LogP contribution in [0.2, 0.25) is 5.02 Å². The Morgan fingerprint density at radius 2 is 2.33 bits per heavy atom. The first-order valence-corrected chi connectivity index (χ1v) is 5.17. The summed E-state index contributed by atoms with van der Waals surface area (Å²) in [5, 5.41) is 9.70. The molecular formula is C10H12ClN3O. The van der Waals surface area contributed by atoms with Gasteiger partial charge in [-0.3, -0.25) is 10.1 Å². The number of anilines is 1. The Morgan fingerprint density at radius 3 is 3.07 bits per heavy atom. The third-order valence-electron chi connectivity index (χ3n) is 2.14. The summed E-state index contributed by atoms with van der Waals surface area (Å²) in [5.74, 6) is 0.0493. The SMILES string of the molecule is O=C1CCNC(Nc2cccc(Cl)c2)N1. The summed E-state index contributed by atoms with van der Waals surface area (Å²) in [6.07, 6.45) is 0.304. The van der Waals surface area contributed by atoms with E-state index in [0.29, 0.717) is 18.0 Å². The molecule has 0 bridgehead atoms. The highest BCUT2D eigenvalue weighted by molar-refractivity contribution is 6.30. The fraction of sp³-hybridized carbons (Fsp3) is 0.300. The molecule has 1 unspecified atom stereocenters. The molecule has 0 aliphatic carbocycles. The predicted molar refractivity (Wildman–Crippen MR) is 59.6 cm³/mol. The molecule has 4 nitrogen and oxygen atoms in total. The molecule has 3 N–H and O–H groups in total. The van der Waals surface area contributed by atoms with Gasteiger partial charge in [-0.15, -0.1) is 0 Å². The number of benzene rings is 1. The number of amides is 1. The summed E-state index contributed by atoms with van der Waals surface area (Å²) < 4.78 is 0.